The second kappa shape index (κ2) is 8.28. The molecule has 0 bridgehead atoms. The van der Waals surface area contributed by atoms with E-state index in [1.165, 1.54) is 24.1 Å². The molecule has 4 rings (SSSR count). The second-order valence-electron chi connectivity index (χ2n) is 5.54. The van der Waals surface area contributed by atoms with Crippen molar-refractivity contribution in [2.45, 2.75) is 11.3 Å². The molecule has 4 aromatic rings. The van der Waals surface area contributed by atoms with E-state index in [-0.39, 0.29) is 22.5 Å². The number of nitrogens with zero attached hydrogens (tertiary/aromatic N) is 4. The lowest BCUT2D eigenvalue weighted by Gasteiger charge is -1.98. The highest BCUT2D eigenvalue weighted by Gasteiger charge is 2.17. The summed E-state index contributed by atoms with van der Waals surface area (Å²) in [5, 5.41) is 20.7. The van der Waals surface area contributed by atoms with Crippen LogP contribution in [0.5, 0.6) is 0 Å². The molecular formula is C16H12N6O5S2. The molecule has 148 valence electrons. The molecule has 0 atom stereocenters. The van der Waals surface area contributed by atoms with Gasteiger partial charge in [0.05, 0.1) is 12.0 Å². The first-order chi connectivity index (χ1) is 14.1. The monoisotopic (exact) mass is 432 g/mol. The van der Waals surface area contributed by atoms with E-state index in [9.17, 15) is 9.59 Å². The smallest absolute Gasteiger partial charge is 0.279 e. The molecule has 2 amide bonds. The van der Waals surface area contributed by atoms with Gasteiger partial charge in [-0.2, -0.15) is 0 Å². The largest absolute Gasteiger partial charge is 0.461 e. The molecule has 0 aliphatic carbocycles. The lowest BCUT2D eigenvalue weighted by Crippen LogP contribution is -2.14. The molecule has 13 heteroatoms. The lowest BCUT2D eigenvalue weighted by atomic mass is 10.3. The normalized spacial score (nSPS) is 10.8. The fourth-order valence-corrected chi connectivity index (χ4v) is 3.68. The quantitative estimate of drug-likeness (QED) is 0.329. The second-order valence-corrected chi connectivity index (χ2v) is 7.74. The van der Waals surface area contributed by atoms with Gasteiger partial charge in [-0.1, -0.05) is 33.4 Å². The van der Waals surface area contributed by atoms with E-state index in [1.54, 1.807) is 25.1 Å². The average Bonchev–Trinajstić information content (AvgIpc) is 3.47. The highest BCUT2D eigenvalue weighted by Crippen LogP contribution is 2.26. The average molecular weight is 432 g/mol. The zero-order chi connectivity index (χ0) is 20.2. The molecule has 11 nitrogen and oxygen atoms in total. The van der Waals surface area contributed by atoms with Crippen molar-refractivity contribution >= 4 is 45.9 Å². The summed E-state index contributed by atoms with van der Waals surface area (Å²) < 4.78 is 15.7. The van der Waals surface area contributed by atoms with Gasteiger partial charge < -0.3 is 18.8 Å². The van der Waals surface area contributed by atoms with Crippen LogP contribution in [0.4, 0.5) is 10.9 Å². The topological polar surface area (TPSA) is 149 Å². The third-order valence-corrected chi connectivity index (χ3v) is 5.33. The van der Waals surface area contributed by atoms with Gasteiger partial charge in [-0.05, 0) is 19.1 Å². The molecule has 0 radical (unpaired) electrons. The molecule has 4 aromatic heterocycles. The van der Waals surface area contributed by atoms with E-state index in [4.69, 9.17) is 13.5 Å². The van der Waals surface area contributed by atoms with Gasteiger partial charge in [-0.25, -0.2) is 0 Å². The van der Waals surface area contributed by atoms with E-state index in [2.05, 4.69) is 31.1 Å². The van der Waals surface area contributed by atoms with Crippen LogP contribution in [0.25, 0.3) is 11.5 Å². The van der Waals surface area contributed by atoms with Crippen LogP contribution in [0.1, 0.15) is 16.2 Å². The summed E-state index contributed by atoms with van der Waals surface area (Å²) in [5.74, 6) is 1.08. The maximum absolute atomic E-state index is 12.3. The molecule has 0 unspecified atom stereocenters. The Bertz CT molecular complexity index is 1130. The van der Waals surface area contributed by atoms with Crippen LogP contribution in [-0.4, -0.2) is 38.1 Å². The number of carbonyl (C=O) groups excluding carboxylic acids is 2. The highest BCUT2D eigenvalue weighted by molar-refractivity contribution is 8.01. The molecule has 29 heavy (non-hydrogen) atoms. The molecule has 4 heterocycles. The van der Waals surface area contributed by atoms with Crippen molar-refractivity contribution in [1.29, 1.82) is 0 Å². The predicted octanol–water partition coefficient (Wildman–Crippen LogP) is 3.07. The van der Waals surface area contributed by atoms with E-state index in [1.807, 2.05) is 0 Å². The van der Waals surface area contributed by atoms with Gasteiger partial charge in [-0.15, -0.1) is 10.2 Å². The van der Waals surface area contributed by atoms with E-state index < -0.39 is 5.91 Å². The van der Waals surface area contributed by atoms with Crippen LogP contribution in [0.15, 0.2) is 48.3 Å². The van der Waals surface area contributed by atoms with Gasteiger partial charge >= 0.3 is 0 Å². The SMILES string of the molecule is Cc1cc(NC(=O)CSc2nnc(NC(=O)c3cc(-c4ccco4)on3)s2)no1. The van der Waals surface area contributed by atoms with E-state index in [0.29, 0.717) is 27.4 Å². The van der Waals surface area contributed by atoms with E-state index in [0.717, 1.165) is 11.3 Å². The van der Waals surface area contributed by atoms with Gasteiger partial charge in [0.2, 0.25) is 16.8 Å². The van der Waals surface area contributed by atoms with Crippen LogP contribution in [-0.2, 0) is 4.79 Å². The lowest BCUT2D eigenvalue weighted by molar-refractivity contribution is -0.113. The van der Waals surface area contributed by atoms with Crippen LogP contribution in [0.2, 0.25) is 0 Å². The number of thioether (sulfide) groups is 1. The molecular weight excluding hydrogens is 420 g/mol. The van der Waals surface area contributed by atoms with Crippen LogP contribution >= 0.6 is 23.1 Å². The Balaban J connectivity index is 1.29. The first-order valence-corrected chi connectivity index (χ1v) is 9.88. The van der Waals surface area contributed by atoms with Crippen molar-refractivity contribution in [3.05, 3.63) is 42.0 Å². The third-order valence-electron chi connectivity index (χ3n) is 3.36. The van der Waals surface area contributed by atoms with Gasteiger partial charge in [-0.3, -0.25) is 14.9 Å². The number of rotatable bonds is 7. The third kappa shape index (κ3) is 4.70. The Kier molecular flexibility index (Phi) is 5.39. The first kappa shape index (κ1) is 18.9. The zero-order valence-corrected chi connectivity index (χ0v) is 16.4. The molecule has 0 fully saturated rings. The summed E-state index contributed by atoms with van der Waals surface area (Å²) in [6.07, 6.45) is 1.49. The summed E-state index contributed by atoms with van der Waals surface area (Å²) in [6, 6.07) is 6.46. The Morgan fingerprint density at radius 3 is 2.79 bits per heavy atom. The summed E-state index contributed by atoms with van der Waals surface area (Å²) >= 11 is 2.31. The molecule has 0 saturated carbocycles. The van der Waals surface area contributed by atoms with Gasteiger partial charge in [0.25, 0.3) is 5.91 Å². The van der Waals surface area contributed by atoms with Crippen LogP contribution in [0.3, 0.4) is 0 Å². The Morgan fingerprint density at radius 1 is 1.14 bits per heavy atom. The summed E-state index contributed by atoms with van der Waals surface area (Å²) in [7, 11) is 0. The minimum absolute atomic E-state index is 0.0723. The fourth-order valence-electron chi connectivity index (χ4n) is 2.13. The van der Waals surface area contributed by atoms with Gasteiger partial charge in [0.15, 0.2) is 21.6 Å². The number of anilines is 2. The van der Waals surface area contributed by atoms with Gasteiger partial charge in [0.1, 0.15) is 5.76 Å². The number of aromatic nitrogens is 4. The van der Waals surface area contributed by atoms with E-state index >= 15 is 0 Å². The van der Waals surface area contributed by atoms with Crippen molar-refractivity contribution in [1.82, 2.24) is 20.5 Å². The molecule has 0 spiro atoms. The maximum atomic E-state index is 12.3. The number of furan rings is 1. The number of amides is 2. The summed E-state index contributed by atoms with van der Waals surface area (Å²) in [5.41, 5.74) is 0.0723. The van der Waals surface area contributed by atoms with Crippen LogP contribution in [0, 0.1) is 6.92 Å². The number of hydrogen-bond acceptors (Lipinski definition) is 11. The minimum Gasteiger partial charge on any atom is -0.461 e. The maximum Gasteiger partial charge on any atom is 0.279 e. The number of nitrogens with one attached hydrogen (secondary N) is 2. The van der Waals surface area contributed by atoms with Crippen molar-refractivity contribution in [2.24, 2.45) is 0 Å². The van der Waals surface area contributed by atoms with Crippen molar-refractivity contribution in [2.75, 3.05) is 16.4 Å². The Morgan fingerprint density at radius 2 is 2.03 bits per heavy atom. The zero-order valence-electron chi connectivity index (χ0n) is 14.7. The molecule has 0 aliphatic rings. The summed E-state index contributed by atoms with van der Waals surface area (Å²) in [4.78, 5) is 24.2. The molecule has 2 N–H and O–H groups in total. The molecule has 0 saturated heterocycles. The number of hydrogen-bond donors (Lipinski definition) is 2. The minimum atomic E-state index is -0.501. The number of carbonyl (C=O) groups is 2. The first-order valence-electron chi connectivity index (χ1n) is 8.08. The molecule has 0 aliphatic heterocycles. The predicted molar refractivity (Wildman–Crippen MR) is 103 cm³/mol. The highest BCUT2D eigenvalue weighted by atomic mass is 32.2. The number of aryl methyl sites for hydroxylation is 1. The van der Waals surface area contributed by atoms with Crippen LogP contribution < -0.4 is 10.6 Å². The standard InChI is InChI=1S/C16H12N6O5S2/c1-8-5-12(22-26-8)17-13(23)7-28-16-20-19-15(29-16)18-14(24)9-6-11(27-21-9)10-3-2-4-25-10/h2-6H,7H2,1H3,(H,17,22,23)(H,18,19,24). The Hall–Kier alpha value is -3.45. The summed E-state index contributed by atoms with van der Waals surface area (Å²) in [6.45, 7) is 1.73. The van der Waals surface area contributed by atoms with Crippen molar-refractivity contribution in [3.63, 3.8) is 0 Å². The fraction of sp³-hybridized carbons (Fsp3) is 0.125. The Labute approximate surface area is 170 Å². The van der Waals surface area contributed by atoms with Gasteiger partial charge in [0, 0.05) is 12.1 Å². The van der Waals surface area contributed by atoms with Crippen molar-refractivity contribution < 1.29 is 23.1 Å². The molecule has 0 aromatic carbocycles. The van der Waals surface area contributed by atoms with Crippen molar-refractivity contribution in [3.8, 4) is 11.5 Å².